The van der Waals surface area contributed by atoms with Gasteiger partial charge in [0.2, 0.25) is 0 Å². The first kappa shape index (κ1) is 21.8. The number of nitrogens with one attached hydrogen (secondary N) is 2. The molecular weight excluding hydrogens is 434 g/mol. The van der Waals surface area contributed by atoms with Crippen molar-refractivity contribution in [2.45, 2.75) is 19.9 Å². The van der Waals surface area contributed by atoms with E-state index >= 15 is 0 Å². The topological polar surface area (TPSA) is 79.4 Å². The second-order valence-corrected chi connectivity index (χ2v) is 7.96. The van der Waals surface area contributed by atoms with E-state index < -0.39 is 11.6 Å². The molecule has 0 aliphatic heterocycles. The second-order valence-electron chi connectivity index (χ2n) is 7.96. The molecule has 3 heterocycles. The van der Waals surface area contributed by atoms with Gasteiger partial charge in [0.25, 0.3) is 0 Å². The first-order valence-electron chi connectivity index (χ1n) is 11.0. The van der Waals surface area contributed by atoms with Gasteiger partial charge in [-0.15, -0.1) is 0 Å². The molecule has 34 heavy (non-hydrogen) atoms. The van der Waals surface area contributed by atoms with Crippen LogP contribution in [-0.2, 0) is 13.0 Å². The molecule has 0 bridgehead atoms. The number of imidazole rings is 1. The molecule has 5 aromatic rings. The second kappa shape index (κ2) is 9.44. The Hall–Kier alpha value is -4.04. The maximum atomic E-state index is 13.9. The third-order valence-corrected chi connectivity index (χ3v) is 5.55. The fourth-order valence-corrected chi connectivity index (χ4v) is 3.88. The Morgan fingerprint density at radius 2 is 1.65 bits per heavy atom. The van der Waals surface area contributed by atoms with Crippen LogP contribution >= 0.6 is 0 Å². The minimum atomic E-state index is -0.533. The van der Waals surface area contributed by atoms with Crippen molar-refractivity contribution in [3.05, 3.63) is 95.7 Å². The van der Waals surface area contributed by atoms with E-state index in [2.05, 4.69) is 25.3 Å². The lowest BCUT2D eigenvalue weighted by molar-refractivity contribution is 0.545. The van der Waals surface area contributed by atoms with Crippen LogP contribution in [0.15, 0.2) is 67.0 Å². The van der Waals surface area contributed by atoms with E-state index in [1.807, 2.05) is 43.3 Å². The molecule has 0 fully saturated rings. The van der Waals surface area contributed by atoms with Gasteiger partial charge in [0.05, 0.1) is 34.7 Å². The summed E-state index contributed by atoms with van der Waals surface area (Å²) in [5.74, 6) is -0.370. The zero-order chi connectivity index (χ0) is 23.5. The third kappa shape index (κ3) is 4.53. The summed E-state index contributed by atoms with van der Waals surface area (Å²) in [6.45, 7) is 2.75. The fraction of sp³-hybridized carbons (Fsp3) is 0.154. The summed E-state index contributed by atoms with van der Waals surface area (Å²) in [5.41, 5.74) is 5.78. The number of aromatic nitrogens is 5. The number of pyridine rings is 1. The molecule has 6 nitrogen and oxygen atoms in total. The van der Waals surface area contributed by atoms with Crippen LogP contribution in [0.1, 0.15) is 17.1 Å². The van der Waals surface area contributed by atoms with Crippen LogP contribution in [-0.4, -0.2) is 31.5 Å². The average Bonchev–Trinajstić information content (AvgIpc) is 3.27. The summed E-state index contributed by atoms with van der Waals surface area (Å²) < 4.78 is 27.7. The van der Waals surface area contributed by atoms with Crippen molar-refractivity contribution in [3.63, 3.8) is 0 Å². The summed E-state index contributed by atoms with van der Waals surface area (Å²) >= 11 is 0. The summed E-state index contributed by atoms with van der Waals surface area (Å²) in [5, 5.41) is 3.22. The Morgan fingerprint density at radius 1 is 0.882 bits per heavy atom. The van der Waals surface area contributed by atoms with E-state index in [1.165, 1.54) is 18.2 Å². The van der Waals surface area contributed by atoms with Gasteiger partial charge in [-0.05, 0) is 56.3 Å². The number of aryl methyl sites for hydroxylation is 1. The number of hydrogen-bond acceptors (Lipinski definition) is 5. The Bertz CT molecular complexity index is 1440. The predicted octanol–water partition coefficient (Wildman–Crippen LogP) is 5.00. The van der Waals surface area contributed by atoms with Crippen LogP contribution in [0, 0.1) is 18.6 Å². The Kier molecular flexibility index (Phi) is 6.05. The minimum absolute atomic E-state index is 0.0806. The zero-order valence-corrected chi connectivity index (χ0v) is 18.5. The maximum Gasteiger partial charge on any atom is 0.129 e. The molecule has 5 rings (SSSR count). The Morgan fingerprint density at radius 3 is 2.44 bits per heavy atom. The van der Waals surface area contributed by atoms with Crippen LogP contribution in [0.2, 0.25) is 0 Å². The number of benzene rings is 2. The average molecular weight is 457 g/mol. The number of hydrogen-bond donors (Lipinski definition) is 2. The van der Waals surface area contributed by atoms with Crippen LogP contribution < -0.4 is 5.32 Å². The van der Waals surface area contributed by atoms with E-state index in [-0.39, 0.29) is 12.0 Å². The van der Waals surface area contributed by atoms with Gasteiger partial charge in [0, 0.05) is 29.2 Å². The van der Waals surface area contributed by atoms with Gasteiger partial charge in [0.1, 0.15) is 17.5 Å². The van der Waals surface area contributed by atoms with Crippen LogP contribution in [0.5, 0.6) is 0 Å². The Labute approximate surface area is 195 Å². The third-order valence-electron chi connectivity index (χ3n) is 5.55. The number of halogens is 2. The number of rotatable bonds is 7. The van der Waals surface area contributed by atoms with Gasteiger partial charge in [-0.2, -0.15) is 0 Å². The first-order valence-corrected chi connectivity index (χ1v) is 11.0. The Balaban J connectivity index is 1.42. The molecule has 2 N–H and O–H groups in total. The van der Waals surface area contributed by atoms with Gasteiger partial charge in [-0.1, -0.05) is 18.2 Å². The van der Waals surface area contributed by atoms with Crippen LogP contribution in [0.25, 0.3) is 33.7 Å². The van der Waals surface area contributed by atoms with Gasteiger partial charge in [0.15, 0.2) is 0 Å². The number of H-pyrrole nitrogens is 1. The molecule has 0 aliphatic rings. The molecule has 3 aromatic heterocycles. The molecule has 170 valence electrons. The lowest BCUT2D eigenvalue weighted by atomic mass is 10.1. The standard InChI is InChI=1S/C26H22F2N6/c1-16-4-2-7-22(32-16)26-25(17-8-9-21-23(14-17)31-13-12-30-21)33-24(34-26)15-29-11-10-18-19(27)5-3-6-20(18)28/h2-9,12-14,29H,10-11,15H2,1H3,(H,33,34). The van der Waals surface area contributed by atoms with Crippen molar-refractivity contribution in [3.8, 4) is 22.6 Å². The van der Waals surface area contributed by atoms with Crippen LogP contribution in [0.4, 0.5) is 8.78 Å². The molecule has 2 aromatic carbocycles. The molecule has 0 atom stereocenters. The highest BCUT2D eigenvalue weighted by molar-refractivity contribution is 5.84. The van der Waals surface area contributed by atoms with E-state index in [9.17, 15) is 8.78 Å². The molecule has 0 unspecified atom stereocenters. The smallest absolute Gasteiger partial charge is 0.129 e. The summed E-state index contributed by atoms with van der Waals surface area (Å²) in [4.78, 5) is 21.6. The molecule has 0 aliphatic carbocycles. The van der Waals surface area contributed by atoms with Crippen molar-refractivity contribution in [2.75, 3.05) is 6.54 Å². The van der Waals surface area contributed by atoms with E-state index in [0.717, 1.165) is 39.4 Å². The van der Waals surface area contributed by atoms with Crippen molar-refractivity contribution < 1.29 is 8.78 Å². The van der Waals surface area contributed by atoms with Gasteiger partial charge in [-0.25, -0.2) is 13.8 Å². The van der Waals surface area contributed by atoms with E-state index in [4.69, 9.17) is 4.98 Å². The normalized spacial score (nSPS) is 11.3. The molecule has 0 spiro atoms. The summed E-state index contributed by atoms with van der Waals surface area (Å²) in [6.07, 6.45) is 3.56. The molecule has 8 heteroatoms. The monoisotopic (exact) mass is 456 g/mol. The van der Waals surface area contributed by atoms with Gasteiger partial charge in [-0.3, -0.25) is 15.0 Å². The highest BCUT2D eigenvalue weighted by atomic mass is 19.1. The van der Waals surface area contributed by atoms with Crippen molar-refractivity contribution in [1.82, 2.24) is 30.2 Å². The number of nitrogens with zero attached hydrogens (tertiary/aromatic N) is 4. The largest absolute Gasteiger partial charge is 0.339 e. The lowest BCUT2D eigenvalue weighted by Crippen LogP contribution is -2.18. The van der Waals surface area contributed by atoms with Gasteiger partial charge < -0.3 is 10.3 Å². The maximum absolute atomic E-state index is 13.9. The quantitative estimate of drug-likeness (QED) is 0.337. The minimum Gasteiger partial charge on any atom is -0.339 e. The molecular formula is C26H22F2N6. The van der Waals surface area contributed by atoms with E-state index in [0.29, 0.717) is 18.9 Å². The lowest BCUT2D eigenvalue weighted by Gasteiger charge is -2.05. The van der Waals surface area contributed by atoms with Crippen molar-refractivity contribution >= 4 is 11.0 Å². The SMILES string of the molecule is Cc1cccc(-c2[nH]c(CNCCc3c(F)cccc3F)nc2-c2ccc3nccnc3c2)n1. The van der Waals surface area contributed by atoms with Crippen molar-refractivity contribution in [2.24, 2.45) is 0 Å². The molecule has 0 radical (unpaired) electrons. The fourth-order valence-electron chi connectivity index (χ4n) is 3.88. The van der Waals surface area contributed by atoms with Gasteiger partial charge >= 0.3 is 0 Å². The predicted molar refractivity (Wildman–Crippen MR) is 127 cm³/mol. The highest BCUT2D eigenvalue weighted by Crippen LogP contribution is 2.30. The molecule has 0 amide bonds. The molecule has 0 saturated carbocycles. The number of fused-ring (bicyclic) bond motifs is 1. The first-order chi connectivity index (χ1) is 16.6. The zero-order valence-electron chi connectivity index (χ0n) is 18.5. The summed E-state index contributed by atoms with van der Waals surface area (Å²) in [7, 11) is 0. The van der Waals surface area contributed by atoms with Crippen molar-refractivity contribution in [1.29, 1.82) is 0 Å². The molecule has 0 saturated heterocycles. The summed E-state index contributed by atoms with van der Waals surface area (Å²) in [6, 6.07) is 15.6. The number of aromatic amines is 1. The van der Waals surface area contributed by atoms with E-state index in [1.54, 1.807) is 12.4 Å². The van der Waals surface area contributed by atoms with Crippen LogP contribution in [0.3, 0.4) is 0 Å². The highest BCUT2D eigenvalue weighted by Gasteiger charge is 2.16.